The highest BCUT2D eigenvalue weighted by atomic mass is 14.6. The fourth-order valence-electron chi connectivity index (χ4n) is 2.40. The second-order valence-electron chi connectivity index (χ2n) is 4.70. The van der Waals surface area contributed by atoms with Crippen LogP contribution in [-0.2, 0) is 6.42 Å². The zero-order valence-corrected chi connectivity index (χ0v) is 9.59. The third-order valence-electron chi connectivity index (χ3n) is 2.96. The summed E-state index contributed by atoms with van der Waals surface area (Å²) in [5, 5.41) is 0. The monoisotopic (exact) mass is 201 g/mol. The molecular weight excluding hydrogens is 182 g/mol. The minimum Gasteiger partial charge on any atom is -0.324 e. The van der Waals surface area contributed by atoms with Crippen molar-refractivity contribution in [1.29, 1.82) is 0 Å². The van der Waals surface area contributed by atoms with E-state index in [0.29, 0.717) is 6.04 Å². The highest BCUT2D eigenvalue weighted by Gasteiger charge is 2.11. The van der Waals surface area contributed by atoms with Crippen molar-refractivity contribution in [1.82, 2.24) is 0 Å². The number of aryl methyl sites for hydroxylation is 2. The third kappa shape index (κ3) is 2.69. The fourth-order valence-corrected chi connectivity index (χ4v) is 2.40. The Kier molecular flexibility index (Phi) is 2.92. The third-order valence-corrected chi connectivity index (χ3v) is 2.96. The summed E-state index contributed by atoms with van der Waals surface area (Å²) in [4.78, 5) is 0. The summed E-state index contributed by atoms with van der Waals surface area (Å²) >= 11 is 0. The Bertz CT molecular complexity index is 370. The van der Waals surface area contributed by atoms with Gasteiger partial charge in [0, 0.05) is 6.04 Å². The van der Waals surface area contributed by atoms with Crippen LogP contribution in [0, 0.1) is 13.8 Å². The summed E-state index contributed by atoms with van der Waals surface area (Å²) in [6, 6.07) is 7.07. The second-order valence-corrected chi connectivity index (χ2v) is 4.70. The lowest BCUT2D eigenvalue weighted by atomic mass is 10.0. The topological polar surface area (TPSA) is 26.0 Å². The van der Waals surface area contributed by atoms with Crippen molar-refractivity contribution in [2.45, 2.75) is 39.2 Å². The summed E-state index contributed by atoms with van der Waals surface area (Å²) in [5.74, 6) is 0. The minimum atomic E-state index is 0.297. The molecule has 0 saturated heterocycles. The van der Waals surface area contributed by atoms with Crippen LogP contribution in [0.4, 0.5) is 0 Å². The maximum Gasteiger partial charge on any atom is 0.0229 e. The number of hydrogen-bond acceptors (Lipinski definition) is 1. The number of allylic oxidation sites excluding steroid dienone is 1. The summed E-state index contributed by atoms with van der Waals surface area (Å²) in [7, 11) is 0. The molecule has 80 valence electrons. The van der Waals surface area contributed by atoms with Gasteiger partial charge >= 0.3 is 0 Å². The van der Waals surface area contributed by atoms with Crippen LogP contribution < -0.4 is 5.73 Å². The van der Waals surface area contributed by atoms with Gasteiger partial charge in [0.05, 0.1) is 0 Å². The predicted molar refractivity (Wildman–Crippen MR) is 64.9 cm³/mol. The van der Waals surface area contributed by atoms with Gasteiger partial charge in [0.2, 0.25) is 0 Å². The average molecular weight is 201 g/mol. The van der Waals surface area contributed by atoms with Gasteiger partial charge in [-0.05, 0) is 38.7 Å². The van der Waals surface area contributed by atoms with Crippen molar-refractivity contribution in [3.8, 4) is 0 Å². The Hall–Kier alpha value is -1.08. The van der Waals surface area contributed by atoms with E-state index < -0.39 is 0 Å². The molecule has 0 fully saturated rings. The maximum atomic E-state index is 5.86. The van der Waals surface area contributed by atoms with Gasteiger partial charge in [0.1, 0.15) is 0 Å². The highest BCUT2D eigenvalue weighted by molar-refractivity contribution is 5.32. The molecule has 1 aliphatic carbocycles. The first kappa shape index (κ1) is 10.4. The predicted octanol–water partition coefficient (Wildman–Crippen LogP) is 2.89. The SMILES string of the molecule is Cc1cc(C)cc(CC2=CC(N)CC2)c1. The van der Waals surface area contributed by atoms with E-state index in [2.05, 4.69) is 38.1 Å². The molecule has 1 atom stereocenters. The van der Waals surface area contributed by atoms with E-state index in [1.54, 1.807) is 0 Å². The minimum absolute atomic E-state index is 0.297. The quantitative estimate of drug-likeness (QED) is 0.731. The highest BCUT2D eigenvalue weighted by Crippen LogP contribution is 2.22. The van der Waals surface area contributed by atoms with Gasteiger partial charge in [0.15, 0.2) is 0 Å². The van der Waals surface area contributed by atoms with Crippen LogP contribution in [0.2, 0.25) is 0 Å². The van der Waals surface area contributed by atoms with Gasteiger partial charge < -0.3 is 5.73 Å². The molecular formula is C14H19N. The lowest BCUT2D eigenvalue weighted by Crippen LogP contribution is -2.11. The zero-order valence-electron chi connectivity index (χ0n) is 9.59. The summed E-state index contributed by atoms with van der Waals surface area (Å²) in [6.45, 7) is 4.32. The summed E-state index contributed by atoms with van der Waals surface area (Å²) in [5.41, 5.74) is 11.5. The normalized spacial score (nSPS) is 20.5. The van der Waals surface area contributed by atoms with Crippen molar-refractivity contribution in [2.24, 2.45) is 5.73 Å². The molecule has 1 nitrogen and oxygen atoms in total. The fraction of sp³-hybridized carbons (Fsp3) is 0.429. The molecule has 0 aromatic heterocycles. The molecule has 1 heteroatoms. The van der Waals surface area contributed by atoms with Crippen LogP contribution in [0.5, 0.6) is 0 Å². The molecule has 0 amide bonds. The molecule has 0 heterocycles. The number of hydrogen-bond donors (Lipinski definition) is 1. The molecule has 0 radical (unpaired) electrons. The second kappa shape index (κ2) is 4.19. The van der Waals surface area contributed by atoms with E-state index >= 15 is 0 Å². The number of benzene rings is 1. The average Bonchev–Trinajstić information content (AvgIpc) is 2.49. The van der Waals surface area contributed by atoms with E-state index in [-0.39, 0.29) is 0 Å². The standard InChI is InChI=1S/C14H19N/c1-10-5-11(2)7-13(6-10)8-12-3-4-14(15)9-12/h5-7,9,14H,3-4,8,15H2,1-2H3. The van der Waals surface area contributed by atoms with Crippen LogP contribution in [-0.4, -0.2) is 6.04 Å². The largest absolute Gasteiger partial charge is 0.324 e. The van der Waals surface area contributed by atoms with Crippen LogP contribution in [0.15, 0.2) is 29.8 Å². The molecule has 0 saturated carbocycles. The van der Waals surface area contributed by atoms with E-state index in [0.717, 1.165) is 12.8 Å². The molecule has 1 aromatic carbocycles. The van der Waals surface area contributed by atoms with Gasteiger partial charge in [-0.2, -0.15) is 0 Å². The van der Waals surface area contributed by atoms with Crippen molar-refractivity contribution < 1.29 is 0 Å². The first-order valence-electron chi connectivity index (χ1n) is 5.66. The Labute approximate surface area is 92.0 Å². The first-order chi connectivity index (χ1) is 7.13. The van der Waals surface area contributed by atoms with Gasteiger partial charge in [-0.3, -0.25) is 0 Å². The molecule has 1 aromatic rings. The Morgan fingerprint density at radius 1 is 1.20 bits per heavy atom. The van der Waals surface area contributed by atoms with E-state index in [1.165, 1.54) is 28.7 Å². The molecule has 2 N–H and O–H groups in total. The van der Waals surface area contributed by atoms with E-state index in [9.17, 15) is 0 Å². The van der Waals surface area contributed by atoms with E-state index in [1.807, 2.05) is 0 Å². The molecule has 0 bridgehead atoms. The van der Waals surface area contributed by atoms with Crippen LogP contribution in [0.25, 0.3) is 0 Å². The zero-order chi connectivity index (χ0) is 10.8. The Morgan fingerprint density at radius 2 is 1.87 bits per heavy atom. The van der Waals surface area contributed by atoms with Gasteiger partial charge in [-0.1, -0.05) is 41.0 Å². The van der Waals surface area contributed by atoms with Crippen LogP contribution in [0.3, 0.4) is 0 Å². The molecule has 0 aliphatic heterocycles. The van der Waals surface area contributed by atoms with Crippen molar-refractivity contribution in [3.05, 3.63) is 46.5 Å². The van der Waals surface area contributed by atoms with Gasteiger partial charge in [0.25, 0.3) is 0 Å². The van der Waals surface area contributed by atoms with E-state index in [4.69, 9.17) is 5.73 Å². The Morgan fingerprint density at radius 3 is 2.40 bits per heavy atom. The van der Waals surface area contributed by atoms with Crippen LogP contribution >= 0.6 is 0 Å². The lowest BCUT2D eigenvalue weighted by Gasteiger charge is -2.05. The molecule has 15 heavy (non-hydrogen) atoms. The Balaban J connectivity index is 2.14. The maximum absolute atomic E-state index is 5.86. The van der Waals surface area contributed by atoms with Gasteiger partial charge in [-0.15, -0.1) is 0 Å². The van der Waals surface area contributed by atoms with Crippen LogP contribution in [0.1, 0.15) is 29.5 Å². The van der Waals surface area contributed by atoms with Crippen molar-refractivity contribution in [3.63, 3.8) is 0 Å². The first-order valence-corrected chi connectivity index (χ1v) is 5.66. The number of nitrogens with two attached hydrogens (primary N) is 1. The molecule has 0 spiro atoms. The molecule has 1 unspecified atom stereocenters. The summed E-state index contributed by atoms with van der Waals surface area (Å²) < 4.78 is 0. The summed E-state index contributed by atoms with van der Waals surface area (Å²) in [6.07, 6.45) is 5.61. The molecule has 2 rings (SSSR count). The van der Waals surface area contributed by atoms with Crippen molar-refractivity contribution >= 4 is 0 Å². The number of rotatable bonds is 2. The van der Waals surface area contributed by atoms with Gasteiger partial charge in [-0.25, -0.2) is 0 Å². The smallest absolute Gasteiger partial charge is 0.0229 e. The molecule has 1 aliphatic rings. The van der Waals surface area contributed by atoms with Crippen molar-refractivity contribution in [2.75, 3.05) is 0 Å². The lowest BCUT2D eigenvalue weighted by molar-refractivity contribution is 0.770.